The Hall–Kier alpha value is -2.06. The van der Waals surface area contributed by atoms with Crippen molar-refractivity contribution in [3.05, 3.63) is 65.9 Å². The van der Waals surface area contributed by atoms with Crippen LogP contribution in [0.2, 0.25) is 0 Å². The Labute approximate surface area is 106 Å². The molecule has 0 amide bonds. The van der Waals surface area contributed by atoms with Crippen molar-refractivity contribution in [1.82, 2.24) is 4.57 Å². The molecule has 0 aliphatic heterocycles. The minimum absolute atomic E-state index is 0.0447. The number of rotatable bonds is 2. The maximum Gasteiger partial charge on any atom is 0.0836 e. The fourth-order valence-corrected chi connectivity index (χ4v) is 2.43. The van der Waals surface area contributed by atoms with Crippen LogP contribution in [0.25, 0.3) is 16.6 Å². The highest BCUT2D eigenvalue weighted by molar-refractivity contribution is 5.83. The van der Waals surface area contributed by atoms with Crippen molar-refractivity contribution in [1.29, 1.82) is 0 Å². The number of aromatic nitrogens is 1. The zero-order chi connectivity index (χ0) is 12.5. The van der Waals surface area contributed by atoms with E-state index >= 15 is 0 Å². The van der Waals surface area contributed by atoms with E-state index in [1.165, 1.54) is 5.56 Å². The number of aliphatic hydroxyl groups excluding tert-OH is 1. The molecule has 18 heavy (non-hydrogen) atoms. The van der Waals surface area contributed by atoms with Crippen molar-refractivity contribution in [2.75, 3.05) is 0 Å². The van der Waals surface area contributed by atoms with Gasteiger partial charge in [-0.05, 0) is 30.7 Å². The molecule has 0 aliphatic carbocycles. The number of aryl methyl sites for hydroxylation is 1. The first kappa shape index (κ1) is 11.1. The number of fused-ring (bicyclic) bond motifs is 1. The molecule has 0 radical (unpaired) electrons. The first-order chi connectivity index (χ1) is 8.81. The predicted molar refractivity (Wildman–Crippen MR) is 73.9 cm³/mol. The van der Waals surface area contributed by atoms with Crippen molar-refractivity contribution < 1.29 is 5.11 Å². The molecule has 0 aliphatic rings. The van der Waals surface area contributed by atoms with Crippen LogP contribution in [0.1, 0.15) is 11.3 Å². The number of benzene rings is 2. The summed E-state index contributed by atoms with van der Waals surface area (Å²) >= 11 is 0. The Kier molecular flexibility index (Phi) is 2.65. The van der Waals surface area contributed by atoms with E-state index in [1.807, 2.05) is 30.3 Å². The highest BCUT2D eigenvalue weighted by atomic mass is 16.3. The second-order valence-electron chi connectivity index (χ2n) is 4.47. The monoisotopic (exact) mass is 237 g/mol. The molecule has 0 bridgehead atoms. The SMILES string of the molecule is Cc1ccccc1-n1c(CO)cc2ccccc21. The summed E-state index contributed by atoms with van der Waals surface area (Å²) in [6.45, 7) is 2.13. The van der Waals surface area contributed by atoms with Crippen LogP contribution >= 0.6 is 0 Å². The lowest BCUT2D eigenvalue weighted by molar-refractivity contribution is 0.275. The van der Waals surface area contributed by atoms with E-state index in [9.17, 15) is 5.11 Å². The summed E-state index contributed by atoms with van der Waals surface area (Å²) in [4.78, 5) is 0. The molecular formula is C16H15NO. The average molecular weight is 237 g/mol. The molecule has 0 atom stereocenters. The molecule has 3 aromatic rings. The maximum atomic E-state index is 9.55. The van der Waals surface area contributed by atoms with Crippen molar-refractivity contribution in [2.45, 2.75) is 13.5 Å². The van der Waals surface area contributed by atoms with Gasteiger partial charge in [0.15, 0.2) is 0 Å². The molecule has 3 rings (SSSR count). The van der Waals surface area contributed by atoms with Gasteiger partial charge < -0.3 is 9.67 Å². The third kappa shape index (κ3) is 1.62. The minimum atomic E-state index is 0.0447. The Morgan fingerprint density at radius 3 is 2.50 bits per heavy atom. The lowest BCUT2D eigenvalue weighted by Crippen LogP contribution is -2.01. The van der Waals surface area contributed by atoms with Crippen LogP contribution in [0.5, 0.6) is 0 Å². The third-order valence-electron chi connectivity index (χ3n) is 3.31. The Bertz CT molecular complexity index is 697. The van der Waals surface area contributed by atoms with E-state index in [0.717, 1.165) is 22.3 Å². The Balaban J connectivity index is 2.37. The summed E-state index contributed by atoms with van der Waals surface area (Å²) in [6, 6.07) is 18.5. The molecule has 0 saturated carbocycles. The molecular weight excluding hydrogens is 222 g/mol. The van der Waals surface area contributed by atoms with E-state index in [-0.39, 0.29) is 6.61 Å². The van der Waals surface area contributed by atoms with Crippen molar-refractivity contribution in [2.24, 2.45) is 0 Å². The molecule has 0 fully saturated rings. The topological polar surface area (TPSA) is 25.2 Å². The molecule has 1 heterocycles. The van der Waals surface area contributed by atoms with Gasteiger partial charge in [-0.25, -0.2) is 0 Å². The minimum Gasteiger partial charge on any atom is -0.390 e. The van der Waals surface area contributed by atoms with Crippen molar-refractivity contribution in [3.63, 3.8) is 0 Å². The zero-order valence-electron chi connectivity index (χ0n) is 10.3. The van der Waals surface area contributed by atoms with E-state index in [0.29, 0.717) is 0 Å². The van der Waals surface area contributed by atoms with Gasteiger partial charge in [-0.1, -0.05) is 36.4 Å². The zero-order valence-corrected chi connectivity index (χ0v) is 10.3. The van der Waals surface area contributed by atoms with Gasteiger partial charge in [-0.15, -0.1) is 0 Å². The summed E-state index contributed by atoms with van der Waals surface area (Å²) in [5, 5.41) is 10.7. The highest BCUT2D eigenvalue weighted by Crippen LogP contribution is 2.26. The van der Waals surface area contributed by atoms with Gasteiger partial charge in [-0.2, -0.15) is 0 Å². The number of hydrogen-bond donors (Lipinski definition) is 1. The second-order valence-corrected chi connectivity index (χ2v) is 4.47. The smallest absolute Gasteiger partial charge is 0.0836 e. The summed E-state index contributed by atoms with van der Waals surface area (Å²) in [5.74, 6) is 0. The number of nitrogens with zero attached hydrogens (tertiary/aromatic N) is 1. The fraction of sp³-hybridized carbons (Fsp3) is 0.125. The van der Waals surface area contributed by atoms with E-state index in [1.54, 1.807) is 0 Å². The lowest BCUT2D eigenvalue weighted by atomic mass is 10.2. The first-order valence-electron chi connectivity index (χ1n) is 6.07. The highest BCUT2D eigenvalue weighted by Gasteiger charge is 2.10. The molecule has 2 nitrogen and oxygen atoms in total. The van der Waals surface area contributed by atoms with Crippen LogP contribution in [-0.4, -0.2) is 9.67 Å². The van der Waals surface area contributed by atoms with Gasteiger partial charge in [0.2, 0.25) is 0 Å². The largest absolute Gasteiger partial charge is 0.390 e. The van der Waals surface area contributed by atoms with Gasteiger partial charge in [0, 0.05) is 16.8 Å². The summed E-state index contributed by atoms with van der Waals surface area (Å²) in [5.41, 5.74) is 4.39. The van der Waals surface area contributed by atoms with E-state index in [2.05, 4.69) is 35.8 Å². The van der Waals surface area contributed by atoms with Gasteiger partial charge in [0.25, 0.3) is 0 Å². The average Bonchev–Trinajstić information content (AvgIpc) is 2.78. The third-order valence-corrected chi connectivity index (χ3v) is 3.31. The number of aliphatic hydroxyl groups is 1. The standard InChI is InChI=1S/C16H15NO/c1-12-6-2-4-8-15(12)17-14(11-18)10-13-7-3-5-9-16(13)17/h2-10,18H,11H2,1H3. The van der Waals surface area contributed by atoms with Crippen LogP contribution in [0.3, 0.4) is 0 Å². The summed E-state index contributed by atoms with van der Waals surface area (Å²) < 4.78 is 2.13. The van der Waals surface area contributed by atoms with Crippen LogP contribution in [0.15, 0.2) is 54.6 Å². The molecule has 0 unspecified atom stereocenters. The van der Waals surface area contributed by atoms with E-state index < -0.39 is 0 Å². The van der Waals surface area contributed by atoms with Crippen LogP contribution in [0, 0.1) is 6.92 Å². The lowest BCUT2D eigenvalue weighted by Gasteiger charge is -2.12. The molecule has 1 aromatic heterocycles. The van der Waals surface area contributed by atoms with Crippen molar-refractivity contribution >= 4 is 10.9 Å². The maximum absolute atomic E-state index is 9.55. The quantitative estimate of drug-likeness (QED) is 0.725. The second kappa shape index (κ2) is 4.31. The van der Waals surface area contributed by atoms with Crippen LogP contribution in [0.4, 0.5) is 0 Å². The van der Waals surface area contributed by atoms with Gasteiger partial charge in [-0.3, -0.25) is 0 Å². The Morgan fingerprint density at radius 1 is 1.00 bits per heavy atom. The van der Waals surface area contributed by atoms with Crippen molar-refractivity contribution in [3.8, 4) is 5.69 Å². The molecule has 90 valence electrons. The van der Waals surface area contributed by atoms with Gasteiger partial charge >= 0.3 is 0 Å². The number of para-hydroxylation sites is 2. The van der Waals surface area contributed by atoms with Crippen LogP contribution < -0.4 is 0 Å². The Morgan fingerprint density at radius 2 is 1.72 bits per heavy atom. The molecule has 2 heteroatoms. The predicted octanol–water partition coefficient (Wildman–Crippen LogP) is 3.43. The summed E-state index contributed by atoms with van der Waals surface area (Å²) in [7, 11) is 0. The first-order valence-corrected chi connectivity index (χ1v) is 6.07. The van der Waals surface area contributed by atoms with Gasteiger partial charge in [0.05, 0.1) is 12.1 Å². The van der Waals surface area contributed by atoms with E-state index in [4.69, 9.17) is 0 Å². The fourth-order valence-electron chi connectivity index (χ4n) is 2.43. The molecule has 0 saturated heterocycles. The number of hydrogen-bond acceptors (Lipinski definition) is 1. The van der Waals surface area contributed by atoms with Gasteiger partial charge in [0.1, 0.15) is 0 Å². The normalized spacial score (nSPS) is 11.0. The molecule has 2 aromatic carbocycles. The molecule has 0 spiro atoms. The molecule has 1 N–H and O–H groups in total. The van der Waals surface area contributed by atoms with Crippen LogP contribution in [-0.2, 0) is 6.61 Å². The summed E-state index contributed by atoms with van der Waals surface area (Å²) in [6.07, 6.45) is 0.